The summed E-state index contributed by atoms with van der Waals surface area (Å²) in [6.07, 6.45) is 0.935. The number of benzene rings is 1. The van der Waals surface area contributed by atoms with E-state index in [1.165, 1.54) is 6.92 Å². The van der Waals surface area contributed by atoms with Crippen LogP contribution in [0.4, 0.5) is 10.5 Å². The Morgan fingerprint density at radius 1 is 1.41 bits per heavy atom. The first-order chi connectivity index (χ1) is 10.6. The highest BCUT2D eigenvalue weighted by Crippen LogP contribution is 2.12. The molecule has 2 N–H and O–H groups in total. The molecule has 1 aliphatic rings. The smallest absolute Gasteiger partial charge is 0.319 e. The fourth-order valence-electron chi connectivity index (χ4n) is 2.54. The van der Waals surface area contributed by atoms with E-state index in [4.69, 9.17) is 4.74 Å². The minimum atomic E-state index is -0.237. The van der Waals surface area contributed by atoms with Crippen LogP contribution in [-0.2, 0) is 4.74 Å². The second-order valence-electron chi connectivity index (χ2n) is 5.51. The molecule has 1 heterocycles. The predicted molar refractivity (Wildman–Crippen MR) is 85.3 cm³/mol. The lowest BCUT2D eigenvalue weighted by Gasteiger charge is -2.16. The van der Waals surface area contributed by atoms with Gasteiger partial charge in [-0.05, 0) is 25.5 Å². The first kappa shape index (κ1) is 16.5. The number of ether oxygens (including phenoxy) is 1. The van der Waals surface area contributed by atoms with Crippen molar-refractivity contribution < 1.29 is 14.3 Å². The number of Topliss-reactive ketones (excluding diaryl/α,β-unsaturated/α-hetero) is 1. The summed E-state index contributed by atoms with van der Waals surface area (Å²) < 4.78 is 5.06. The number of anilines is 1. The molecular formula is C16H23N3O3. The van der Waals surface area contributed by atoms with Gasteiger partial charge in [0, 0.05) is 44.0 Å². The molecule has 1 aromatic rings. The Labute approximate surface area is 130 Å². The fraction of sp³-hybridized carbons (Fsp3) is 0.500. The maximum atomic E-state index is 12.0. The monoisotopic (exact) mass is 305 g/mol. The lowest BCUT2D eigenvalue weighted by atomic mass is 10.1. The van der Waals surface area contributed by atoms with Crippen molar-refractivity contribution in [3.63, 3.8) is 0 Å². The molecule has 0 bridgehead atoms. The summed E-state index contributed by atoms with van der Waals surface area (Å²) in [5.41, 5.74) is 1.21. The van der Waals surface area contributed by atoms with Crippen LogP contribution in [0.3, 0.4) is 0 Å². The summed E-state index contributed by atoms with van der Waals surface area (Å²) >= 11 is 0. The zero-order valence-electron chi connectivity index (χ0n) is 13.1. The molecule has 2 rings (SSSR count). The molecule has 0 saturated carbocycles. The highest BCUT2D eigenvalue weighted by molar-refractivity contribution is 5.96. The number of ketones is 1. The van der Waals surface area contributed by atoms with Crippen molar-refractivity contribution in [1.29, 1.82) is 0 Å². The van der Waals surface area contributed by atoms with Gasteiger partial charge in [0.25, 0.3) is 0 Å². The van der Waals surface area contributed by atoms with E-state index in [1.54, 1.807) is 31.4 Å². The summed E-state index contributed by atoms with van der Waals surface area (Å²) in [7, 11) is 1.69. The molecule has 22 heavy (non-hydrogen) atoms. The first-order valence-electron chi connectivity index (χ1n) is 7.48. The zero-order valence-corrected chi connectivity index (χ0v) is 13.1. The van der Waals surface area contributed by atoms with Crippen LogP contribution in [0.2, 0.25) is 0 Å². The molecule has 0 aliphatic carbocycles. The third-order valence-corrected chi connectivity index (χ3v) is 3.75. The maximum absolute atomic E-state index is 12.0. The summed E-state index contributed by atoms with van der Waals surface area (Å²) in [5.74, 6) is -0.0198. The Morgan fingerprint density at radius 3 is 2.95 bits per heavy atom. The van der Waals surface area contributed by atoms with Crippen LogP contribution in [0.25, 0.3) is 0 Å². The molecular weight excluding hydrogens is 282 g/mol. The number of nitrogens with zero attached hydrogens (tertiary/aromatic N) is 1. The molecule has 1 atom stereocenters. The third kappa shape index (κ3) is 4.82. The van der Waals surface area contributed by atoms with Crippen molar-refractivity contribution in [3.8, 4) is 0 Å². The number of hydrogen-bond acceptors (Lipinski definition) is 4. The standard InChI is InChI=1S/C16H23N3O3/c1-12(20)13-4-3-5-14(10-13)17-16(21)18-15-6-7-19(11-15)8-9-22-2/h3-5,10,15H,6-9,11H2,1-2H3,(H2,17,18,21)/t15-/m0/s1. The molecule has 0 unspecified atom stereocenters. The van der Waals surface area contributed by atoms with Crippen molar-refractivity contribution in [3.05, 3.63) is 29.8 Å². The van der Waals surface area contributed by atoms with Crippen molar-refractivity contribution in [2.75, 3.05) is 38.7 Å². The molecule has 6 heteroatoms. The van der Waals surface area contributed by atoms with E-state index in [-0.39, 0.29) is 17.9 Å². The number of nitrogens with one attached hydrogen (secondary N) is 2. The minimum absolute atomic E-state index is 0.0198. The Hall–Kier alpha value is -1.92. The molecule has 6 nitrogen and oxygen atoms in total. The minimum Gasteiger partial charge on any atom is -0.383 e. The van der Waals surface area contributed by atoms with Gasteiger partial charge in [-0.2, -0.15) is 0 Å². The van der Waals surface area contributed by atoms with E-state index in [9.17, 15) is 9.59 Å². The topological polar surface area (TPSA) is 70.7 Å². The number of hydrogen-bond donors (Lipinski definition) is 2. The number of likely N-dealkylation sites (tertiary alicyclic amines) is 1. The molecule has 0 aromatic heterocycles. The van der Waals surface area contributed by atoms with Gasteiger partial charge < -0.3 is 15.4 Å². The Morgan fingerprint density at radius 2 is 2.23 bits per heavy atom. The molecule has 1 aromatic carbocycles. The van der Waals surface area contributed by atoms with Gasteiger partial charge in [0.15, 0.2) is 5.78 Å². The van der Waals surface area contributed by atoms with Crippen molar-refractivity contribution in [1.82, 2.24) is 10.2 Å². The van der Waals surface area contributed by atoms with Gasteiger partial charge in [0.2, 0.25) is 0 Å². The highest BCUT2D eigenvalue weighted by atomic mass is 16.5. The van der Waals surface area contributed by atoms with Crippen molar-refractivity contribution in [2.24, 2.45) is 0 Å². The molecule has 0 spiro atoms. The highest BCUT2D eigenvalue weighted by Gasteiger charge is 2.23. The number of carbonyl (C=O) groups is 2. The van der Waals surface area contributed by atoms with Crippen LogP contribution >= 0.6 is 0 Å². The van der Waals surface area contributed by atoms with Crippen LogP contribution in [-0.4, -0.2) is 56.1 Å². The third-order valence-electron chi connectivity index (χ3n) is 3.75. The number of urea groups is 1. The first-order valence-corrected chi connectivity index (χ1v) is 7.48. The zero-order chi connectivity index (χ0) is 15.9. The summed E-state index contributed by atoms with van der Waals surface area (Å²) in [4.78, 5) is 25.6. The molecule has 0 radical (unpaired) electrons. The van der Waals surface area contributed by atoms with Crippen LogP contribution in [0.1, 0.15) is 23.7 Å². The molecule has 1 fully saturated rings. The van der Waals surface area contributed by atoms with Crippen LogP contribution in [0, 0.1) is 0 Å². The largest absolute Gasteiger partial charge is 0.383 e. The second-order valence-corrected chi connectivity index (χ2v) is 5.51. The summed E-state index contributed by atoms with van der Waals surface area (Å²) in [6.45, 7) is 4.90. The van der Waals surface area contributed by atoms with Gasteiger partial charge in [-0.3, -0.25) is 9.69 Å². The van der Waals surface area contributed by atoms with Gasteiger partial charge in [-0.15, -0.1) is 0 Å². The summed E-state index contributed by atoms with van der Waals surface area (Å²) in [6, 6.07) is 6.85. The van der Waals surface area contributed by atoms with Gasteiger partial charge in [0.05, 0.1) is 6.61 Å². The number of methoxy groups -OCH3 is 1. The molecule has 1 aliphatic heterocycles. The van der Waals surface area contributed by atoms with Crippen molar-refractivity contribution in [2.45, 2.75) is 19.4 Å². The van der Waals surface area contributed by atoms with E-state index in [2.05, 4.69) is 15.5 Å². The van der Waals surface area contributed by atoms with E-state index >= 15 is 0 Å². The Kier molecular flexibility index (Phi) is 5.91. The van der Waals surface area contributed by atoms with Gasteiger partial charge >= 0.3 is 6.03 Å². The maximum Gasteiger partial charge on any atom is 0.319 e. The van der Waals surface area contributed by atoms with Crippen LogP contribution in [0.5, 0.6) is 0 Å². The fourth-order valence-corrected chi connectivity index (χ4v) is 2.54. The average Bonchev–Trinajstić information content (AvgIpc) is 2.92. The van der Waals surface area contributed by atoms with Gasteiger partial charge in [-0.1, -0.05) is 12.1 Å². The van der Waals surface area contributed by atoms with Crippen LogP contribution < -0.4 is 10.6 Å². The summed E-state index contributed by atoms with van der Waals surface area (Å²) in [5, 5.41) is 5.74. The Bertz CT molecular complexity index is 533. The van der Waals surface area contributed by atoms with E-state index in [0.29, 0.717) is 17.9 Å². The normalized spacial score (nSPS) is 18.2. The lowest BCUT2D eigenvalue weighted by molar-refractivity contribution is 0.101. The quantitative estimate of drug-likeness (QED) is 0.785. The number of rotatable bonds is 6. The van der Waals surface area contributed by atoms with Crippen LogP contribution in [0.15, 0.2) is 24.3 Å². The Balaban J connectivity index is 1.81. The number of carbonyl (C=O) groups excluding carboxylic acids is 2. The van der Waals surface area contributed by atoms with Gasteiger partial charge in [-0.25, -0.2) is 4.79 Å². The molecule has 2 amide bonds. The average molecular weight is 305 g/mol. The number of amides is 2. The van der Waals surface area contributed by atoms with Gasteiger partial charge in [0.1, 0.15) is 0 Å². The predicted octanol–water partition coefficient (Wildman–Crippen LogP) is 1.73. The van der Waals surface area contributed by atoms with E-state index in [1.807, 2.05) is 0 Å². The van der Waals surface area contributed by atoms with Crippen molar-refractivity contribution >= 4 is 17.5 Å². The SMILES string of the molecule is COCCN1CC[C@H](NC(=O)Nc2cccc(C(C)=O)c2)C1. The van der Waals surface area contributed by atoms with E-state index < -0.39 is 0 Å². The molecule has 1 saturated heterocycles. The second kappa shape index (κ2) is 7.91. The lowest BCUT2D eigenvalue weighted by Crippen LogP contribution is -2.40. The molecule has 120 valence electrons. The van der Waals surface area contributed by atoms with E-state index in [0.717, 1.165) is 26.1 Å².